The van der Waals surface area contributed by atoms with Gasteiger partial charge in [0.25, 0.3) is 0 Å². The number of hydrogen-bond acceptors (Lipinski definition) is 2. The van der Waals surface area contributed by atoms with Gasteiger partial charge in [-0.25, -0.2) is 0 Å². The molecule has 0 aliphatic carbocycles. The Labute approximate surface area is 121 Å². The lowest BCUT2D eigenvalue weighted by atomic mass is 10.0. The van der Waals surface area contributed by atoms with Gasteiger partial charge in [-0.15, -0.1) is 0 Å². The largest absolute Gasteiger partial charge is 0.457 e. The first-order valence-corrected chi connectivity index (χ1v) is 7.06. The van der Waals surface area contributed by atoms with E-state index in [9.17, 15) is 0 Å². The second-order valence-electron chi connectivity index (χ2n) is 5.58. The third-order valence-corrected chi connectivity index (χ3v) is 3.57. The van der Waals surface area contributed by atoms with E-state index in [-0.39, 0.29) is 6.04 Å². The van der Waals surface area contributed by atoms with Crippen LogP contribution in [0.25, 0.3) is 0 Å². The van der Waals surface area contributed by atoms with E-state index in [0.717, 1.165) is 23.5 Å². The number of rotatable bonds is 4. The molecule has 106 valence electrons. The standard InChI is InChI=1S/C18H23NO/c1-12-6-5-7-18(15(12)4)20-17-9-8-16(10-13(17)2)11-14(3)19/h5-10,14H,11,19H2,1-4H3. The van der Waals surface area contributed by atoms with Gasteiger partial charge in [0.2, 0.25) is 0 Å². The molecule has 0 radical (unpaired) electrons. The molecule has 2 N–H and O–H groups in total. The lowest BCUT2D eigenvalue weighted by Gasteiger charge is -2.14. The van der Waals surface area contributed by atoms with E-state index in [1.54, 1.807) is 0 Å². The quantitative estimate of drug-likeness (QED) is 0.898. The summed E-state index contributed by atoms with van der Waals surface area (Å²) in [5.41, 5.74) is 10.7. The lowest BCUT2D eigenvalue weighted by molar-refractivity contribution is 0.474. The van der Waals surface area contributed by atoms with Crippen LogP contribution in [0, 0.1) is 20.8 Å². The Bertz CT molecular complexity index is 602. The van der Waals surface area contributed by atoms with Gasteiger partial charge in [0.1, 0.15) is 11.5 Å². The molecule has 0 saturated heterocycles. The monoisotopic (exact) mass is 269 g/mol. The maximum Gasteiger partial charge on any atom is 0.130 e. The van der Waals surface area contributed by atoms with Crippen molar-refractivity contribution in [2.45, 2.75) is 40.2 Å². The highest BCUT2D eigenvalue weighted by Crippen LogP contribution is 2.29. The van der Waals surface area contributed by atoms with Crippen molar-refractivity contribution in [2.75, 3.05) is 0 Å². The van der Waals surface area contributed by atoms with Gasteiger partial charge >= 0.3 is 0 Å². The summed E-state index contributed by atoms with van der Waals surface area (Å²) >= 11 is 0. The SMILES string of the molecule is Cc1cc(CC(C)N)ccc1Oc1cccc(C)c1C. The molecule has 2 rings (SSSR count). The summed E-state index contributed by atoms with van der Waals surface area (Å²) in [6, 6.07) is 12.6. The van der Waals surface area contributed by atoms with Crippen LogP contribution >= 0.6 is 0 Å². The van der Waals surface area contributed by atoms with Crippen molar-refractivity contribution in [3.63, 3.8) is 0 Å². The first-order valence-electron chi connectivity index (χ1n) is 7.06. The molecule has 0 saturated carbocycles. The van der Waals surface area contributed by atoms with Gasteiger partial charge in [0.05, 0.1) is 0 Å². The molecule has 0 aliphatic heterocycles. The zero-order chi connectivity index (χ0) is 14.7. The third-order valence-electron chi connectivity index (χ3n) is 3.57. The van der Waals surface area contributed by atoms with E-state index >= 15 is 0 Å². The van der Waals surface area contributed by atoms with Crippen molar-refractivity contribution in [1.82, 2.24) is 0 Å². The van der Waals surface area contributed by atoms with Gasteiger partial charge in [-0.3, -0.25) is 0 Å². The van der Waals surface area contributed by atoms with Crippen LogP contribution in [0.4, 0.5) is 0 Å². The van der Waals surface area contributed by atoms with Crippen LogP contribution in [-0.4, -0.2) is 6.04 Å². The van der Waals surface area contributed by atoms with E-state index in [0.29, 0.717) is 0 Å². The molecule has 1 atom stereocenters. The molecule has 0 aliphatic rings. The minimum Gasteiger partial charge on any atom is -0.457 e. The average Bonchev–Trinajstić information content (AvgIpc) is 2.37. The van der Waals surface area contributed by atoms with E-state index in [2.05, 4.69) is 39.0 Å². The van der Waals surface area contributed by atoms with E-state index in [4.69, 9.17) is 10.5 Å². The zero-order valence-electron chi connectivity index (χ0n) is 12.7. The van der Waals surface area contributed by atoms with E-state index < -0.39 is 0 Å². The topological polar surface area (TPSA) is 35.2 Å². The summed E-state index contributed by atoms with van der Waals surface area (Å²) in [6.07, 6.45) is 0.893. The Morgan fingerprint density at radius 2 is 1.75 bits per heavy atom. The van der Waals surface area contributed by atoms with Crippen molar-refractivity contribution in [1.29, 1.82) is 0 Å². The Kier molecular flexibility index (Phi) is 4.46. The predicted octanol–water partition coefficient (Wildman–Crippen LogP) is 4.29. The molecule has 2 aromatic rings. The third kappa shape index (κ3) is 3.40. The molecule has 2 heteroatoms. The normalized spacial score (nSPS) is 12.2. The molecule has 2 aromatic carbocycles. The molecular weight excluding hydrogens is 246 g/mol. The summed E-state index contributed by atoms with van der Waals surface area (Å²) in [4.78, 5) is 0. The molecule has 0 heterocycles. The summed E-state index contributed by atoms with van der Waals surface area (Å²) < 4.78 is 6.05. The fraction of sp³-hybridized carbons (Fsp3) is 0.333. The minimum absolute atomic E-state index is 0.181. The fourth-order valence-corrected chi connectivity index (χ4v) is 2.28. The minimum atomic E-state index is 0.181. The molecular formula is C18H23NO. The Morgan fingerprint density at radius 3 is 2.40 bits per heavy atom. The molecule has 0 amide bonds. The second-order valence-corrected chi connectivity index (χ2v) is 5.58. The van der Waals surface area contributed by atoms with E-state index in [1.807, 2.05) is 25.1 Å². The van der Waals surface area contributed by atoms with Crippen molar-refractivity contribution < 1.29 is 4.74 Å². The first-order chi connectivity index (χ1) is 9.47. The molecule has 0 spiro atoms. The van der Waals surface area contributed by atoms with Gasteiger partial charge in [-0.2, -0.15) is 0 Å². The van der Waals surface area contributed by atoms with Crippen LogP contribution in [0.5, 0.6) is 11.5 Å². The number of aryl methyl sites for hydroxylation is 2. The van der Waals surface area contributed by atoms with Crippen LogP contribution in [0.1, 0.15) is 29.2 Å². The van der Waals surface area contributed by atoms with Crippen molar-refractivity contribution >= 4 is 0 Å². The maximum absolute atomic E-state index is 6.05. The van der Waals surface area contributed by atoms with Gasteiger partial charge in [-0.1, -0.05) is 24.3 Å². The molecule has 20 heavy (non-hydrogen) atoms. The number of ether oxygens (including phenoxy) is 1. The van der Waals surface area contributed by atoms with Crippen molar-refractivity contribution in [2.24, 2.45) is 5.73 Å². The summed E-state index contributed by atoms with van der Waals surface area (Å²) in [5, 5.41) is 0. The smallest absolute Gasteiger partial charge is 0.130 e. The summed E-state index contributed by atoms with van der Waals surface area (Å²) in [5.74, 6) is 1.83. The summed E-state index contributed by atoms with van der Waals surface area (Å²) in [6.45, 7) is 8.28. The summed E-state index contributed by atoms with van der Waals surface area (Å²) in [7, 11) is 0. The van der Waals surface area contributed by atoms with Crippen LogP contribution in [0.3, 0.4) is 0 Å². The van der Waals surface area contributed by atoms with Gasteiger partial charge in [0.15, 0.2) is 0 Å². The van der Waals surface area contributed by atoms with Crippen LogP contribution < -0.4 is 10.5 Å². The number of hydrogen-bond donors (Lipinski definition) is 1. The van der Waals surface area contributed by atoms with Gasteiger partial charge in [0, 0.05) is 6.04 Å². The Morgan fingerprint density at radius 1 is 1.00 bits per heavy atom. The van der Waals surface area contributed by atoms with Crippen LogP contribution in [0.15, 0.2) is 36.4 Å². The van der Waals surface area contributed by atoms with Crippen LogP contribution in [0.2, 0.25) is 0 Å². The van der Waals surface area contributed by atoms with Crippen molar-refractivity contribution in [3.8, 4) is 11.5 Å². The maximum atomic E-state index is 6.05. The number of nitrogens with two attached hydrogens (primary N) is 1. The average molecular weight is 269 g/mol. The van der Waals surface area contributed by atoms with Crippen molar-refractivity contribution in [3.05, 3.63) is 58.7 Å². The molecule has 0 aromatic heterocycles. The molecule has 0 bridgehead atoms. The highest BCUT2D eigenvalue weighted by Gasteiger charge is 2.07. The highest BCUT2D eigenvalue weighted by molar-refractivity contribution is 5.44. The first kappa shape index (κ1) is 14.6. The number of benzene rings is 2. The zero-order valence-corrected chi connectivity index (χ0v) is 12.7. The Hall–Kier alpha value is -1.80. The predicted molar refractivity (Wildman–Crippen MR) is 84.5 cm³/mol. The van der Waals surface area contributed by atoms with E-state index in [1.165, 1.54) is 16.7 Å². The van der Waals surface area contributed by atoms with Crippen LogP contribution in [-0.2, 0) is 6.42 Å². The van der Waals surface area contributed by atoms with Gasteiger partial charge < -0.3 is 10.5 Å². The lowest BCUT2D eigenvalue weighted by Crippen LogP contribution is -2.17. The molecule has 1 unspecified atom stereocenters. The molecule has 2 nitrogen and oxygen atoms in total. The highest BCUT2D eigenvalue weighted by atomic mass is 16.5. The van der Waals surface area contributed by atoms with Gasteiger partial charge in [-0.05, 0) is 68.5 Å². The second kappa shape index (κ2) is 6.10. The Balaban J connectivity index is 2.24. The molecule has 0 fully saturated rings. The fourth-order valence-electron chi connectivity index (χ4n) is 2.28.